The van der Waals surface area contributed by atoms with E-state index < -0.39 is 0 Å². The zero-order valence-electron chi connectivity index (χ0n) is 15.4. The van der Waals surface area contributed by atoms with Gasteiger partial charge in [-0.1, -0.05) is 12.1 Å². The van der Waals surface area contributed by atoms with Crippen molar-refractivity contribution < 1.29 is 9.90 Å². The largest absolute Gasteiger partial charge is 0.508 e. The first-order valence-corrected chi connectivity index (χ1v) is 9.47. The van der Waals surface area contributed by atoms with Gasteiger partial charge in [-0.2, -0.15) is 0 Å². The molecule has 1 saturated heterocycles. The molecule has 3 N–H and O–H groups in total. The van der Waals surface area contributed by atoms with Crippen LogP contribution >= 0.6 is 0 Å². The van der Waals surface area contributed by atoms with E-state index >= 15 is 0 Å². The highest BCUT2D eigenvalue weighted by Crippen LogP contribution is 2.18. The van der Waals surface area contributed by atoms with Gasteiger partial charge in [-0.15, -0.1) is 0 Å². The molecule has 7 nitrogen and oxygen atoms in total. The summed E-state index contributed by atoms with van der Waals surface area (Å²) in [5.41, 5.74) is 1.06. The molecule has 1 aliphatic carbocycles. The second-order valence-electron chi connectivity index (χ2n) is 6.94. The van der Waals surface area contributed by atoms with Crippen molar-refractivity contribution in [3.05, 3.63) is 29.8 Å². The van der Waals surface area contributed by atoms with Crippen molar-refractivity contribution in [2.24, 2.45) is 4.99 Å². The van der Waals surface area contributed by atoms with Crippen molar-refractivity contribution in [3.63, 3.8) is 0 Å². The van der Waals surface area contributed by atoms with E-state index in [0.717, 1.165) is 57.1 Å². The summed E-state index contributed by atoms with van der Waals surface area (Å²) >= 11 is 0. The van der Waals surface area contributed by atoms with Gasteiger partial charge in [0.25, 0.3) is 0 Å². The van der Waals surface area contributed by atoms with E-state index in [1.165, 1.54) is 0 Å². The number of aliphatic imine (C=N–C) groups is 1. The molecule has 1 heterocycles. The first kappa shape index (κ1) is 18.5. The molecule has 1 aromatic carbocycles. The first-order valence-electron chi connectivity index (χ1n) is 9.47. The van der Waals surface area contributed by atoms with Crippen LogP contribution in [0.25, 0.3) is 0 Å². The molecule has 2 aliphatic rings. The summed E-state index contributed by atoms with van der Waals surface area (Å²) in [6.45, 7) is 7.39. The number of phenols is 1. The number of carbonyl (C=O) groups excluding carboxylic acids is 1. The molecule has 1 saturated carbocycles. The Labute approximate surface area is 155 Å². The smallest absolute Gasteiger partial charge is 0.234 e. The summed E-state index contributed by atoms with van der Waals surface area (Å²) in [5, 5.41) is 15.8. The SMILES string of the molecule is CCNC(=NCc1ccc(O)cc1)N1CCN(CC(=O)NC2CC2)CC1. The summed E-state index contributed by atoms with van der Waals surface area (Å²) in [5.74, 6) is 1.32. The Hall–Kier alpha value is -2.28. The number of nitrogens with zero attached hydrogens (tertiary/aromatic N) is 3. The average molecular weight is 359 g/mol. The molecule has 1 aromatic rings. The minimum Gasteiger partial charge on any atom is -0.508 e. The molecule has 0 unspecified atom stereocenters. The number of piperazine rings is 1. The zero-order valence-corrected chi connectivity index (χ0v) is 15.4. The molecule has 2 fully saturated rings. The minimum atomic E-state index is 0.147. The lowest BCUT2D eigenvalue weighted by molar-refractivity contribution is -0.122. The lowest BCUT2D eigenvalue weighted by Gasteiger charge is -2.36. The lowest BCUT2D eigenvalue weighted by atomic mass is 10.2. The number of nitrogens with one attached hydrogen (secondary N) is 2. The number of benzene rings is 1. The van der Waals surface area contributed by atoms with E-state index in [4.69, 9.17) is 4.99 Å². The zero-order chi connectivity index (χ0) is 18.4. The van der Waals surface area contributed by atoms with Gasteiger partial charge in [0.1, 0.15) is 5.75 Å². The molecule has 0 spiro atoms. The highest BCUT2D eigenvalue weighted by molar-refractivity contribution is 5.80. The average Bonchev–Trinajstić information content (AvgIpc) is 3.44. The van der Waals surface area contributed by atoms with Gasteiger partial charge in [0.15, 0.2) is 5.96 Å². The number of aromatic hydroxyl groups is 1. The predicted molar refractivity (Wildman–Crippen MR) is 102 cm³/mol. The van der Waals surface area contributed by atoms with Crippen LogP contribution in [0, 0.1) is 0 Å². The van der Waals surface area contributed by atoms with Crippen LogP contribution in [0.3, 0.4) is 0 Å². The van der Waals surface area contributed by atoms with Crippen LogP contribution in [0.5, 0.6) is 5.75 Å². The number of carbonyl (C=O) groups is 1. The lowest BCUT2D eigenvalue weighted by Crippen LogP contribution is -2.54. The van der Waals surface area contributed by atoms with Crippen LogP contribution in [0.15, 0.2) is 29.3 Å². The van der Waals surface area contributed by atoms with Crippen molar-refractivity contribution in [2.75, 3.05) is 39.3 Å². The Morgan fingerprint density at radius 3 is 2.50 bits per heavy atom. The number of amides is 1. The van der Waals surface area contributed by atoms with Gasteiger partial charge >= 0.3 is 0 Å². The summed E-state index contributed by atoms with van der Waals surface area (Å²) in [6.07, 6.45) is 2.26. The maximum atomic E-state index is 11.9. The Bertz CT molecular complexity index is 619. The van der Waals surface area contributed by atoms with Crippen LogP contribution < -0.4 is 10.6 Å². The highest BCUT2D eigenvalue weighted by atomic mass is 16.3. The maximum Gasteiger partial charge on any atom is 0.234 e. The molecule has 3 rings (SSSR count). The van der Waals surface area contributed by atoms with Crippen molar-refractivity contribution in [1.29, 1.82) is 0 Å². The summed E-state index contributed by atoms with van der Waals surface area (Å²) in [4.78, 5) is 21.1. The number of hydrogen-bond acceptors (Lipinski definition) is 4. The molecular formula is C19H29N5O2. The summed E-state index contributed by atoms with van der Waals surface area (Å²) in [7, 11) is 0. The molecular weight excluding hydrogens is 330 g/mol. The van der Waals surface area contributed by atoms with E-state index in [0.29, 0.717) is 19.1 Å². The molecule has 0 radical (unpaired) electrons. The monoisotopic (exact) mass is 359 g/mol. The van der Waals surface area contributed by atoms with Crippen LogP contribution in [-0.4, -0.2) is 72.1 Å². The van der Waals surface area contributed by atoms with Gasteiger partial charge in [0, 0.05) is 38.8 Å². The van der Waals surface area contributed by atoms with E-state index in [1.54, 1.807) is 12.1 Å². The third kappa shape index (κ3) is 5.62. The van der Waals surface area contributed by atoms with Gasteiger partial charge in [0.2, 0.25) is 5.91 Å². The molecule has 0 aromatic heterocycles. The van der Waals surface area contributed by atoms with Crippen LogP contribution in [0.1, 0.15) is 25.3 Å². The van der Waals surface area contributed by atoms with E-state index in [9.17, 15) is 9.90 Å². The fourth-order valence-electron chi connectivity index (χ4n) is 3.02. The van der Waals surface area contributed by atoms with Gasteiger partial charge in [-0.3, -0.25) is 9.69 Å². The van der Waals surface area contributed by atoms with E-state index in [-0.39, 0.29) is 11.7 Å². The molecule has 7 heteroatoms. The topological polar surface area (TPSA) is 80.2 Å². The van der Waals surface area contributed by atoms with Gasteiger partial charge in [-0.25, -0.2) is 4.99 Å². The van der Waals surface area contributed by atoms with Crippen LogP contribution in [0.4, 0.5) is 0 Å². The van der Waals surface area contributed by atoms with Crippen molar-refractivity contribution in [2.45, 2.75) is 32.4 Å². The minimum absolute atomic E-state index is 0.147. The van der Waals surface area contributed by atoms with Gasteiger partial charge < -0.3 is 20.6 Å². The predicted octanol–water partition coefficient (Wildman–Crippen LogP) is 0.754. The standard InChI is InChI=1S/C19H29N5O2/c1-2-20-19(21-13-15-3-7-17(25)8-4-15)24-11-9-23(10-12-24)14-18(26)22-16-5-6-16/h3-4,7-8,16,25H,2,5-6,9-14H2,1H3,(H,20,21)(H,22,26). The van der Waals surface area contributed by atoms with Gasteiger partial charge in [-0.05, 0) is 37.5 Å². The van der Waals surface area contributed by atoms with Crippen LogP contribution in [0.2, 0.25) is 0 Å². The van der Waals surface area contributed by atoms with Crippen molar-refractivity contribution >= 4 is 11.9 Å². The van der Waals surface area contributed by atoms with E-state index in [2.05, 4.69) is 27.4 Å². The molecule has 1 aliphatic heterocycles. The third-order valence-electron chi connectivity index (χ3n) is 4.66. The number of rotatable bonds is 6. The number of hydrogen-bond donors (Lipinski definition) is 3. The second kappa shape index (κ2) is 8.89. The number of guanidine groups is 1. The number of phenolic OH excluding ortho intramolecular Hbond substituents is 1. The molecule has 0 atom stereocenters. The van der Waals surface area contributed by atoms with Crippen molar-refractivity contribution in [3.8, 4) is 5.75 Å². The Balaban J connectivity index is 1.49. The molecule has 0 bridgehead atoms. The summed E-state index contributed by atoms with van der Waals surface area (Å²) in [6, 6.07) is 7.57. The third-order valence-corrected chi connectivity index (χ3v) is 4.66. The van der Waals surface area contributed by atoms with Gasteiger partial charge in [0.05, 0.1) is 13.1 Å². The first-order chi connectivity index (χ1) is 12.6. The molecule has 142 valence electrons. The second-order valence-corrected chi connectivity index (χ2v) is 6.94. The Morgan fingerprint density at radius 1 is 1.19 bits per heavy atom. The quantitative estimate of drug-likeness (QED) is 0.516. The van der Waals surface area contributed by atoms with E-state index in [1.807, 2.05) is 12.1 Å². The molecule has 26 heavy (non-hydrogen) atoms. The Morgan fingerprint density at radius 2 is 1.88 bits per heavy atom. The van der Waals surface area contributed by atoms with Crippen LogP contribution in [-0.2, 0) is 11.3 Å². The van der Waals surface area contributed by atoms with Crippen molar-refractivity contribution in [1.82, 2.24) is 20.4 Å². The fourth-order valence-corrected chi connectivity index (χ4v) is 3.02. The Kier molecular flexibility index (Phi) is 6.33. The highest BCUT2D eigenvalue weighted by Gasteiger charge is 2.25. The maximum absolute atomic E-state index is 11.9. The fraction of sp³-hybridized carbons (Fsp3) is 0.579. The normalized spacial score (nSPS) is 18.7. The molecule has 1 amide bonds. The summed E-state index contributed by atoms with van der Waals surface area (Å²) < 4.78 is 0.